The van der Waals surface area contributed by atoms with E-state index in [-0.39, 0.29) is 11.9 Å². The molecule has 3 aromatic rings. The van der Waals surface area contributed by atoms with E-state index < -0.39 is 0 Å². The number of amides is 1. The summed E-state index contributed by atoms with van der Waals surface area (Å²) >= 11 is 0. The van der Waals surface area contributed by atoms with Crippen LogP contribution in [0.15, 0.2) is 42.7 Å². The van der Waals surface area contributed by atoms with Crippen molar-refractivity contribution in [1.29, 1.82) is 0 Å². The first-order valence-electron chi connectivity index (χ1n) is 10.9. The van der Waals surface area contributed by atoms with Gasteiger partial charge in [0.2, 0.25) is 5.91 Å². The Kier molecular flexibility index (Phi) is 5.10. The molecule has 7 heteroatoms. The first kappa shape index (κ1) is 19.6. The van der Waals surface area contributed by atoms with E-state index in [1.54, 1.807) is 19.3 Å². The largest absolute Gasteiger partial charge is 0.383 e. The predicted octanol–water partition coefficient (Wildman–Crippen LogP) is 3.58. The molecule has 2 aliphatic heterocycles. The van der Waals surface area contributed by atoms with E-state index in [2.05, 4.69) is 62.9 Å². The van der Waals surface area contributed by atoms with Crippen LogP contribution in [0.4, 0.5) is 17.1 Å². The van der Waals surface area contributed by atoms with E-state index in [0.29, 0.717) is 0 Å². The number of rotatable bonds is 3. The van der Waals surface area contributed by atoms with Crippen molar-refractivity contribution in [2.45, 2.75) is 25.8 Å². The predicted molar refractivity (Wildman–Crippen MR) is 126 cm³/mol. The standard InChI is InChI=1S/C24H28N6O/c1-16(31)30-11-6-18(15-30)28-19-13-20(24-22(14-19)26-8-9-27-24)17-4-5-21-23(12-17)29(2)10-3-7-25-21/h4-5,8-9,12-14,18,25,28H,3,6-7,10-11,15H2,1-2H3/t18-/m0/s1. The third-order valence-corrected chi connectivity index (χ3v) is 6.28. The number of anilines is 3. The normalized spacial score (nSPS) is 18.5. The molecular formula is C24H28N6O. The molecule has 0 aliphatic carbocycles. The lowest BCUT2D eigenvalue weighted by Gasteiger charge is -2.21. The molecule has 0 unspecified atom stereocenters. The summed E-state index contributed by atoms with van der Waals surface area (Å²) in [6.07, 6.45) is 5.55. The van der Waals surface area contributed by atoms with Crippen molar-refractivity contribution >= 4 is 34.0 Å². The van der Waals surface area contributed by atoms with Crippen molar-refractivity contribution < 1.29 is 4.79 Å². The van der Waals surface area contributed by atoms with Gasteiger partial charge in [0.1, 0.15) is 0 Å². The number of aromatic nitrogens is 2. The molecule has 31 heavy (non-hydrogen) atoms. The number of benzene rings is 2. The van der Waals surface area contributed by atoms with Crippen molar-refractivity contribution in [3.8, 4) is 11.1 Å². The zero-order chi connectivity index (χ0) is 21.4. The number of carbonyl (C=O) groups is 1. The van der Waals surface area contributed by atoms with Crippen LogP contribution in [0.3, 0.4) is 0 Å². The molecule has 1 aromatic heterocycles. The summed E-state index contributed by atoms with van der Waals surface area (Å²) in [5.41, 5.74) is 7.34. The summed E-state index contributed by atoms with van der Waals surface area (Å²) in [6, 6.07) is 11.0. The number of hydrogen-bond donors (Lipinski definition) is 2. The molecule has 1 amide bonds. The minimum atomic E-state index is 0.136. The Morgan fingerprint density at radius 1 is 1.16 bits per heavy atom. The van der Waals surface area contributed by atoms with Crippen LogP contribution in [0.5, 0.6) is 0 Å². The highest BCUT2D eigenvalue weighted by Crippen LogP contribution is 2.36. The van der Waals surface area contributed by atoms with E-state index in [1.165, 1.54) is 11.4 Å². The highest BCUT2D eigenvalue weighted by atomic mass is 16.2. The molecule has 0 radical (unpaired) electrons. The zero-order valence-electron chi connectivity index (χ0n) is 18.1. The van der Waals surface area contributed by atoms with Gasteiger partial charge in [-0.15, -0.1) is 0 Å². The molecule has 0 spiro atoms. The van der Waals surface area contributed by atoms with Crippen LogP contribution in [0.1, 0.15) is 19.8 Å². The van der Waals surface area contributed by atoms with Crippen LogP contribution in [0, 0.1) is 0 Å². The van der Waals surface area contributed by atoms with Gasteiger partial charge in [0.25, 0.3) is 0 Å². The van der Waals surface area contributed by atoms with Gasteiger partial charge in [-0.2, -0.15) is 0 Å². The van der Waals surface area contributed by atoms with Crippen LogP contribution >= 0.6 is 0 Å². The van der Waals surface area contributed by atoms with Crippen molar-refractivity contribution in [1.82, 2.24) is 14.9 Å². The van der Waals surface area contributed by atoms with Gasteiger partial charge in [-0.3, -0.25) is 14.8 Å². The summed E-state index contributed by atoms with van der Waals surface area (Å²) in [7, 11) is 2.15. The van der Waals surface area contributed by atoms with Gasteiger partial charge in [0.15, 0.2) is 0 Å². The smallest absolute Gasteiger partial charge is 0.219 e. The molecule has 0 bridgehead atoms. The fraction of sp³-hybridized carbons (Fsp3) is 0.375. The lowest BCUT2D eigenvalue weighted by molar-refractivity contribution is -0.127. The SMILES string of the molecule is CC(=O)N1CC[C@H](Nc2cc(-c3ccc4c(c3)N(C)CCCN4)c3nccnc3c2)C1. The van der Waals surface area contributed by atoms with Gasteiger partial charge in [0.05, 0.1) is 22.4 Å². The molecule has 0 saturated carbocycles. The van der Waals surface area contributed by atoms with Crippen molar-refractivity contribution in [2.75, 3.05) is 48.8 Å². The minimum absolute atomic E-state index is 0.136. The molecular weight excluding hydrogens is 388 g/mol. The van der Waals surface area contributed by atoms with Crippen LogP contribution in [0.25, 0.3) is 22.2 Å². The highest BCUT2D eigenvalue weighted by molar-refractivity contribution is 5.96. The molecule has 3 heterocycles. The lowest BCUT2D eigenvalue weighted by atomic mass is 10.0. The third kappa shape index (κ3) is 3.87. The minimum Gasteiger partial charge on any atom is -0.383 e. The third-order valence-electron chi connectivity index (χ3n) is 6.28. The second kappa shape index (κ2) is 8.06. The second-order valence-electron chi connectivity index (χ2n) is 8.48. The lowest BCUT2D eigenvalue weighted by Crippen LogP contribution is -2.29. The number of nitrogens with zero attached hydrogens (tertiary/aromatic N) is 4. The maximum atomic E-state index is 11.7. The summed E-state index contributed by atoms with van der Waals surface area (Å²) < 4.78 is 0. The number of nitrogens with one attached hydrogen (secondary N) is 2. The van der Waals surface area contributed by atoms with Gasteiger partial charge in [-0.05, 0) is 42.7 Å². The first-order valence-corrected chi connectivity index (χ1v) is 10.9. The fourth-order valence-corrected chi connectivity index (χ4v) is 4.60. The van der Waals surface area contributed by atoms with Crippen LogP contribution in [0.2, 0.25) is 0 Å². The molecule has 1 saturated heterocycles. The Balaban J connectivity index is 1.53. The van der Waals surface area contributed by atoms with E-state index >= 15 is 0 Å². The van der Waals surface area contributed by atoms with Gasteiger partial charge in [-0.25, -0.2) is 0 Å². The van der Waals surface area contributed by atoms with Gasteiger partial charge in [0, 0.05) is 69.8 Å². The van der Waals surface area contributed by atoms with Gasteiger partial charge < -0.3 is 20.4 Å². The molecule has 2 aliphatic rings. The Morgan fingerprint density at radius 3 is 2.87 bits per heavy atom. The highest BCUT2D eigenvalue weighted by Gasteiger charge is 2.24. The van der Waals surface area contributed by atoms with E-state index in [4.69, 9.17) is 0 Å². The average molecular weight is 417 g/mol. The Morgan fingerprint density at radius 2 is 2.03 bits per heavy atom. The fourth-order valence-electron chi connectivity index (χ4n) is 4.60. The van der Waals surface area contributed by atoms with Crippen LogP contribution in [-0.4, -0.2) is 60.0 Å². The van der Waals surface area contributed by atoms with E-state index in [1.807, 2.05) is 4.90 Å². The maximum absolute atomic E-state index is 11.7. The van der Waals surface area contributed by atoms with Gasteiger partial charge >= 0.3 is 0 Å². The number of hydrogen-bond acceptors (Lipinski definition) is 6. The first-order chi connectivity index (χ1) is 15.1. The average Bonchev–Trinajstić information content (AvgIpc) is 3.17. The summed E-state index contributed by atoms with van der Waals surface area (Å²) in [4.78, 5) is 25.1. The monoisotopic (exact) mass is 416 g/mol. The zero-order valence-corrected chi connectivity index (χ0v) is 18.1. The van der Waals surface area contributed by atoms with Crippen molar-refractivity contribution in [3.63, 3.8) is 0 Å². The summed E-state index contributed by atoms with van der Waals surface area (Å²) in [6.45, 7) is 5.19. The molecule has 160 valence electrons. The summed E-state index contributed by atoms with van der Waals surface area (Å²) in [5.74, 6) is 0.136. The second-order valence-corrected chi connectivity index (χ2v) is 8.48. The van der Waals surface area contributed by atoms with Crippen molar-refractivity contribution in [3.05, 3.63) is 42.7 Å². The van der Waals surface area contributed by atoms with E-state index in [0.717, 1.165) is 66.9 Å². The van der Waals surface area contributed by atoms with Crippen LogP contribution in [-0.2, 0) is 4.79 Å². The Labute approximate surface area is 182 Å². The summed E-state index contributed by atoms with van der Waals surface area (Å²) in [5, 5.41) is 7.15. The molecule has 7 nitrogen and oxygen atoms in total. The molecule has 5 rings (SSSR count). The molecule has 2 aromatic carbocycles. The Bertz CT molecular complexity index is 1130. The topological polar surface area (TPSA) is 73.4 Å². The maximum Gasteiger partial charge on any atom is 0.219 e. The van der Waals surface area contributed by atoms with Crippen LogP contribution < -0.4 is 15.5 Å². The number of likely N-dealkylation sites (tertiary alicyclic amines) is 1. The number of fused-ring (bicyclic) bond motifs is 2. The quantitative estimate of drug-likeness (QED) is 0.680. The molecule has 1 fully saturated rings. The van der Waals surface area contributed by atoms with Gasteiger partial charge in [-0.1, -0.05) is 6.07 Å². The van der Waals surface area contributed by atoms with Crippen molar-refractivity contribution in [2.24, 2.45) is 0 Å². The number of carbonyl (C=O) groups excluding carboxylic acids is 1. The van der Waals surface area contributed by atoms with E-state index in [9.17, 15) is 4.79 Å². The Hall–Kier alpha value is -3.35. The molecule has 1 atom stereocenters. The molecule has 2 N–H and O–H groups in total.